The van der Waals surface area contributed by atoms with Crippen LogP contribution in [0.3, 0.4) is 0 Å². The van der Waals surface area contributed by atoms with Gasteiger partial charge in [-0.05, 0) is 49.4 Å². The first-order chi connectivity index (χ1) is 12.8. The van der Waals surface area contributed by atoms with Crippen molar-refractivity contribution < 1.29 is 14.4 Å². The van der Waals surface area contributed by atoms with Crippen molar-refractivity contribution >= 4 is 23.4 Å². The molecule has 6 nitrogen and oxygen atoms in total. The van der Waals surface area contributed by atoms with Crippen molar-refractivity contribution in [3.63, 3.8) is 0 Å². The molecule has 0 spiro atoms. The normalized spacial score (nSPS) is 22.4. The van der Waals surface area contributed by atoms with Gasteiger partial charge in [0.05, 0.1) is 0 Å². The van der Waals surface area contributed by atoms with Crippen molar-refractivity contribution in [2.24, 2.45) is 17.8 Å². The molecule has 2 N–H and O–H groups in total. The van der Waals surface area contributed by atoms with Gasteiger partial charge in [0.25, 0.3) is 5.91 Å². The topological polar surface area (TPSA) is 78.5 Å². The molecule has 1 saturated carbocycles. The molecule has 0 bridgehead atoms. The van der Waals surface area contributed by atoms with Crippen molar-refractivity contribution in [1.29, 1.82) is 0 Å². The molecule has 27 heavy (non-hydrogen) atoms. The van der Waals surface area contributed by atoms with E-state index in [1.807, 2.05) is 18.7 Å². The monoisotopic (exact) mass is 371 g/mol. The zero-order valence-corrected chi connectivity index (χ0v) is 16.3. The number of hydrogen-bond acceptors (Lipinski definition) is 3. The summed E-state index contributed by atoms with van der Waals surface area (Å²) in [4.78, 5) is 38.3. The van der Waals surface area contributed by atoms with Crippen LogP contribution in [0.2, 0.25) is 0 Å². The molecule has 1 aliphatic heterocycles. The lowest BCUT2D eigenvalue weighted by molar-refractivity contribution is -0.135. The zero-order valence-electron chi connectivity index (χ0n) is 16.3. The third kappa shape index (κ3) is 4.87. The smallest absolute Gasteiger partial charge is 0.251 e. The van der Waals surface area contributed by atoms with Crippen molar-refractivity contribution in [1.82, 2.24) is 10.2 Å². The Bertz CT molecular complexity index is 706. The third-order valence-electron chi connectivity index (χ3n) is 5.50. The van der Waals surface area contributed by atoms with Crippen LogP contribution in [0.25, 0.3) is 0 Å². The van der Waals surface area contributed by atoms with E-state index in [1.165, 1.54) is 0 Å². The number of anilines is 1. The number of benzene rings is 1. The average molecular weight is 371 g/mol. The van der Waals surface area contributed by atoms with E-state index in [2.05, 4.69) is 17.6 Å². The maximum Gasteiger partial charge on any atom is 0.251 e. The molecule has 2 atom stereocenters. The molecule has 0 aromatic heterocycles. The van der Waals surface area contributed by atoms with Crippen LogP contribution in [-0.4, -0.2) is 41.8 Å². The van der Waals surface area contributed by atoms with Crippen LogP contribution < -0.4 is 10.6 Å². The number of carbonyl (C=O) groups is 3. The second-order valence-corrected chi connectivity index (χ2v) is 8.11. The van der Waals surface area contributed by atoms with Crippen LogP contribution in [0.1, 0.15) is 50.4 Å². The fourth-order valence-corrected chi connectivity index (χ4v) is 3.51. The number of nitrogens with zero attached hydrogens (tertiary/aromatic N) is 1. The molecule has 2 aliphatic rings. The standard InChI is InChI=1S/C21H29N3O3/c1-13(2)21(27)24-10-8-17(9-11-24)22-19(25)15-4-6-16(7-5-15)23-20(26)18-12-14(18)3/h4-7,13-14,17-18H,8-12H2,1-3H3,(H,22,25)(H,23,26). The van der Waals surface area contributed by atoms with E-state index < -0.39 is 0 Å². The summed E-state index contributed by atoms with van der Waals surface area (Å²) in [6.07, 6.45) is 2.50. The summed E-state index contributed by atoms with van der Waals surface area (Å²) < 4.78 is 0. The Labute approximate surface area is 160 Å². The van der Waals surface area contributed by atoms with Crippen molar-refractivity contribution in [3.05, 3.63) is 29.8 Å². The molecule has 1 aromatic carbocycles. The summed E-state index contributed by atoms with van der Waals surface area (Å²) in [5.41, 5.74) is 1.30. The molecular weight excluding hydrogens is 342 g/mol. The van der Waals surface area contributed by atoms with Gasteiger partial charge in [0.2, 0.25) is 11.8 Å². The average Bonchev–Trinajstić information content (AvgIpc) is 3.39. The van der Waals surface area contributed by atoms with Crippen LogP contribution in [0.15, 0.2) is 24.3 Å². The van der Waals surface area contributed by atoms with Crippen LogP contribution in [0.4, 0.5) is 5.69 Å². The minimum atomic E-state index is -0.114. The molecule has 3 amide bonds. The van der Waals surface area contributed by atoms with Gasteiger partial charge in [-0.3, -0.25) is 14.4 Å². The fourth-order valence-electron chi connectivity index (χ4n) is 3.51. The first-order valence-electron chi connectivity index (χ1n) is 9.85. The Kier molecular flexibility index (Phi) is 5.82. The van der Waals surface area contributed by atoms with Crippen LogP contribution in [-0.2, 0) is 9.59 Å². The highest BCUT2D eigenvalue weighted by Gasteiger charge is 2.39. The number of nitrogens with one attached hydrogen (secondary N) is 2. The van der Waals surface area contributed by atoms with Gasteiger partial charge in [0.15, 0.2) is 0 Å². The lowest BCUT2D eigenvalue weighted by atomic mass is 10.0. The van der Waals surface area contributed by atoms with E-state index in [0.29, 0.717) is 24.6 Å². The molecule has 146 valence electrons. The third-order valence-corrected chi connectivity index (χ3v) is 5.50. The SMILES string of the molecule is CC(C)C(=O)N1CCC(NC(=O)c2ccc(NC(=O)C3CC3C)cc2)CC1. The van der Waals surface area contributed by atoms with Gasteiger partial charge in [-0.25, -0.2) is 0 Å². The lowest BCUT2D eigenvalue weighted by Gasteiger charge is -2.33. The van der Waals surface area contributed by atoms with Crippen molar-refractivity contribution in [3.8, 4) is 0 Å². The highest BCUT2D eigenvalue weighted by atomic mass is 16.2. The highest BCUT2D eigenvalue weighted by molar-refractivity contribution is 5.97. The number of hydrogen-bond donors (Lipinski definition) is 2. The van der Waals surface area contributed by atoms with E-state index in [4.69, 9.17) is 0 Å². The van der Waals surface area contributed by atoms with Gasteiger partial charge in [-0.1, -0.05) is 20.8 Å². The van der Waals surface area contributed by atoms with Gasteiger partial charge >= 0.3 is 0 Å². The largest absolute Gasteiger partial charge is 0.349 e. The second-order valence-electron chi connectivity index (χ2n) is 8.11. The van der Waals surface area contributed by atoms with Crippen LogP contribution in [0.5, 0.6) is 0 Å². The van der Waals surface area contributed by atoms with E-state index >= 15 is 0 Å². The van der Waals surface area contributed by atoms with E-state index in [1.54, 1.807) is 24.3 Å². The molecule has 0 radical (unpaired) electrons. The fraction of sp³-hybridized carbons (Fsp3) is 0.571. The van der Waals surface area contributed by atoms with Crippen LogP contribution >= 0.6 is 0 Å². The highest BCUT2D eigenvalue weighted by Crippen LogP contribution is 2.38. The van der Waals surface area contributed by atoms with Crippen LogP contribution in [0, 0.1) is 17.8 Å². The lowest BCUT2D eigenvalue weighted by Crippen LogP contribution is -2.47. The summed E-state index contributed by atoms with van der Waals surface area (Å²) in [5.74, 6) is 0.731. The Morgan fingerprint density at radius 3 is 2.19 bits per heavy atom. The number of amides is 3. The molecule has 1 aliphatic carbocycles. The predicted molar refractivity (Wildman–Crippen MR) is 104 cm³/mol. The van der Waals surface area contributed by atoms with Gasteiger partial charge in [-0.2, -0.15) is 0 Å². The molecule has 2 unspecified atom stereocenters. The van der Waals surface area contributed by atoms with E-state index in [0.717, 1.165) is 24.9 Å². The number of carbonyl (C=O) groups excluding carboxylic acids is 3. The Morgan fingerprint density at radius 2 is 1.67 bits per heavy atom. The molecule has 2 fully saturated rings. The Hall–Kier alpha value is -2.37. The van der Waals surface area contributed by atoms with E-state index in [9.17, 15) is 14.4 Å². The minimum Gasteiger partial charge on any atom is -0.349 e. The number of likely N-dealkylation sites (tertiary alicyclic amines) is 1. The maximum atomic E-state index is 12.5. The Balaban J connectivity index is 1.47. The minimum absolute atomic E-state index is 0.0123. The zero-order chi connectivity index (χ0) is 19.6. The summed E-state index contributed by atoms with van der Waals surface area (Å²) in [6.45, 7) is 7.26. The van der Waals surface area contributed by atoms with Gasteiger partial charge in [0, 0.05) is 42.2 Å². The van der Waals surface area contributed by atoms with Gasteiger partial charge < -0.3 is 15.5 Å². The van der Waals surface area contributed by atoms with Crippen molar-refractivity contribution in [2.45, 2.75) is 46.1 Å². The second kappa shape index (κ2) is 8.11. The Morgan fingerprint density at radius 1 is 1.07 bits per heavy atom. The summed E-state index contributed by atoms with van der Waals surface area (Å²) >= 11 is 0. The first-order valence-corrected chi connectivity index (χ1v) is 9.85. The van der Waals surface area contributed by atoms with Crippen molar-refractivity contribution in [2.75, 3.05) is 18.4 Å². The van der Waals surface area contributed by atoms with Gasteiger partial charge in [-0.15, -0.1) is 0 Å². The quantitative estimate of drug-likeness (QED) is 0.835. The molecular formula is C21H29N3O3. The first kappa shape index (κ1) is 19.4. The molecule has 1 aromatic rings. The maximum absolute atomic E-state index is 12.5. The summed E-state index contributed by atoms with van der Waals surface area (Å²) in [7, 11) is 0. The number of piperidine rings is 1. The molecule has 6 heteroatoms. The van der Waals surface area contributed by atoms with E-state index in [-0.39, 0.29) is 35.6 Å². The van der Waals surface area contributed by atoms with Gasteiger partial charge in [0.1, 0.15) is 0 Å². The molecule has 3 rings (SSSR count). The molecule has 1 heterocycles. The summed E-state index contributed by atoms with van der Waals surface area (Å²) in [6, 6.07) is 7.09. The predicted octanol–water partition coefficient (Wildman–Crippen LogP) is 2.66. The number of rotatable bonds is 5. The summed E-state index contributed by atoms with van der Waals surface area (Å²) in [5, 5.41) is 5.95. The molecule has 1 saturated heterocycles.